The largest absolute Gasteiger partial charge is 0.506 e. The van der Waals surface area contributed by atoms with E-state index in [9.17, 15) is 34.2 Å². The van der Waals surface area contributed by atoms with Gasteiger partial charge in [-0.2, -0.15) is 0 Å². The number of terminal acetylenes is 1. The first kappa shape index (κ1) is 24.6. The van der Waals surface area contributed by atoms with Crippen molar-refractivity contribution in [2.45, 2.75) is 24.5 Å². The van der Waals surface area contributed by atoms with Gasteiger partial charge in [-0.25, -0.2) is 0 Å². The van der Waals surface area contributed by atoms with Gasteiger partial charge < -0.3 is 20.8 Å². The van der Waals surface area contributed by atoms with E-state index in [0.29, 0.717) is 11.3 Å². The molecule has 10 nitrogen and oxygen atoms in total. The molecule has 0 saturated heterocycles. The van der Waals surface area contributed by atoms with Crippen molar-refractivity contribution in [2.24, 2.45) is 29.4 Å². The van der Waals surface area contributed by atoms with Crippen molar-refractivity contribution < 1.29 is 34.2 Å². The summed E-state index contributed by atoms with van der Waals surface area (Å²) in [5.74, 6) is -8.55. The fourth-order valence-corrected chi connectivity index (χ4v) is 6.16. The second kappa shape index (κ2) is 8.00. The minimum absolute atomic E-state index is 0.00554. The molecule has 3 aliphatic rings. The molecule has 1 aromatic carbocycles. The number of carbonyl (C=O) groups excluding carboxylic acids is 5. The predicted molar refractivity (Wildman–Crippen MR) is 124 cm³/mol. The first-order chi connectivity index (χ1) is 16.3. The highest BCUT2D eigenvalue weighted by molar-refractivity contribution is 6.32. The molecule has 4 rings (SSSR count). The average molecular weight is 482 g/mol. The number of nitrogens with zero attached hydrogens (tertiary/aromatic N) is 2. The van der Waals surface area contributed by atoms with Crippen LogP contribution in [0.25, 0.3) is 0 Å². The number of nitrogens with two attached hydrogens (primary N) is 1. The quantitative estimate of drug-likeness (QED) is 0.360. The van der Waals surface area contributed by atoms with E-state index in [1.165, 1.54) is 19.0 Å². The van der Waals surface area contributed by atoms with Gasteiger partial charge in [0.2, 0.25) is 5.91 Å². The Morgan fingerprint density at radius 3 is 2.31 bits per heavy atom. The van der Waals surface area contributed by atoms with Gasteiger partial charge in [0.05, 0.1) is 23.1 Å². The van der Waals surface area contributed by atoms with E-state index >= 15 is 0 Å². The van der Waals surface area contributed by atoms with Crippen molar-refractivity contribution in [1.29, 1.82) is 0 Å². The van der Waals surface area contributed by atoms with Gasteiger partial charge in [-0.3, -0.25) is 28.9 Å². The molecule has 0 radical (unpaired) electrons. The Morgan fingerprint density at radius 1 is 1.17 bits per heavy atom. The topological polar surface area (TPSA) is 158 Å². The van der Waals surface area contributed by atoms with Crippen LogP contribution in [0.5, 0.6) is 5.75 Å². The third-order valence-electron chi connectivity index (χ3n) is 7.68. The molecule has 1 amide bonds. The van der Waals surface area contributed by atoms with Crippen LogP contribution < -0.4 is 10.6 Å². The molecule has 6 atom stereocenters. The number of Topliss-reactive ketones (excluding diaryl/α,β-unsaturated/α-hetero) is 4. The van der Waals surface area contributed by atoms with Crippen LogP contribution in [0, 0.1) is 36.0 Å². The molecule has 0 heterocycles. The number of ketones is 4. The summed E-state index contributed by atoms with van der Waals surface area (Å²) in [5.41, 5.74) is 3.61. The van der Waals surface area contributed by atoms with Gasteiger partial charge in [0.25, 0.3) is 0 Å². The van der Waals surface area contributed by atoms with Crippen LogP contribution >= 0.6 is 0 Å². The number of hydrogen-bond acceptors (Lipinski definition) is 9. The van der Waals surface area contributed by atoms with Crippen molar-refractivity contribution in [1.82, 2.24) is 4.90 Å². The summed E-state index contributed by atoms with van der Waals surface area (Å²) in [6.07, 6.45) is 5.69. The van der Waals surface area contributed by atoms with Crippen LogP contribution in [0.2, 0.25) is 0 Å². The second-order valence-electron chi connectivity index (χ2n) is 9.97. The summed E-state index contributed by atoms with van der Waals surface area (Å²) >= 11 is 0. The number of primary amides is 1. The lowest BCUT2D eigenvalue weighted by atomic mass is 9.52. The number of hydrogen-bond donors (Lipinski definition) is 3. The zero-order valence-electron chi connectivity index (χ0n) is 19.9. The van der Waals surface area contributed by atoms with Crippen molar-refractivity contribution in [2.75, 3.05) is 33.1 Å². The summed E-state index contributed by atoms with van der Waals surface area (Å²) in [6.45, 7) is 0. The van der Waals surface area contributed by atoms with Crippen molar-refractivity contribution in [3.05, 3.63) is 22.8 Å². The van der Waals surface area contributed by atoms with E-state index < -0.39 is 70.1 Å². The number of fused-ring (bicyclic) bond motifs is 3. The molecule has 1 aromatic rings. The summed E-state index contributed by atoms with van der Waals surface area (Å²) in [4.78, 5) is 69.0. The van der Waals surface area contributed by atoms with Gasteiger partial charge >= 0.3 is 0 Å². The van der Waals surface area contributed by atoms with E-state index in [1.807, 2.05) is 0 Å². The highest BCUT2D eigenvalue weighted by atomic mass is 16.3. The van der Waals surface area contributed by atoms with E-state index in [2.05, 4.69) is 5.92 Å². The SMILES string of the molecule is C#Cc1cc(N(C)C)c2c(c1O)C(=O)C1C(=O)[C@]3(O)C(=O)C(C(N)=O)C(=O)C(N(C)C)[C@@H]3C[C@@H]1C2. The number of likely N-dealkylation sites (N-methyl/N-ethyl adjacent to an activating group) is 1. The Morgan fingerprint density at radius 2 is 1.80 bits per heavy atom. The van der Waals surface area contributed by atoms with Crippen molar-refractivity contribution >= 4 is 34.7 Å². The highest BCUT2D eigenvalue weighted by Crippen LogP contribution is 2.52. The zero-order valence-corrected chi connectivity index (χ0v) is 19.9. The Bertz CT molecular complexity index is 1240. The number of carbonyl (C=O) groups is 5. The maximum absolute atomic E-state index is 13.8. The predicted octanol–water partition coefficient (Wildman–Crippen LogP) is -1.09. The number of phenols is 1. The number of anilines is 1. The monoisotopic (exact) mass is 481 g/mol. The highest BCUT2D eigenvalue weighted by Gasteiger charge is 2.69. The fraction of sp³-hybridized carbons (Fsp3) is 0.480. The Labute approximate surface area is 202 Å². The molecule has 4 N–H and O–H groups in total. The summed E-state index contributed by atoms with van der Waals surface area (Å²) < 4.78 is 0. The molecule has 0 bridgehead atoms. The standard InChI is InChI=1S/C25H27N3O7/c1-6-10-9-14(27(2)3)12-7-11-8-13-18(28(4)5)21(31)17(24(26)34)23(33)25(13,35)22(32)15(11)20(30)16(12)19(10)29/h1,9,11,13,15,17-18,29,35H,7-8H2,2-5H3,(H2,26,34)/t11-,13-,15?,17?,18?,25-/m0/s1. The van der Waals surface area contributed by atoms with Crippen LogP contribution in [-0.4, -0.2) is 84.0 Å². The van der Waals surface area contributed by atoms with Gasteiger partial charge in [0.15, 0.2) is 34.7 Å². The van der Waals surface area contributed by atoms with Crippen molar-refractivity contribution in [3.63, 3.8) is 0 Å². The van der Waals surface area contributed by atoms with Gasteiger partial charge in [0.1, 0.15) is 5.75 Å². The van der Waals surface area contributed by atoms with Crippen molar-refractivity contribution in [3.8, 4) is 18.1 Å². The lowest BCUT2D eigenvalue weighted by molar-refractivity contribution is -0.181. The Balaban J connectivity index is 1.92. The molecule has 10 heteroatoms. The lowest BCUT2D eigenvalue weighted by Crippen LogP contribution is -2.74. The Hall–Kier alpha value is -3.55. The normalized spacial score (nSPS) is 32.0. The maximum atomic E-state index is 13.8. The van der Waals surface area contributed by atoms with Gasteiger partial charge in [0, 0.05) is 25.7 Å². The van der Waals surface area contributed by atoms with Gasteiger partial charge in [-0.15, -0.1) is 6.42 Å². The van der Waals surface area contributed by atoms with Crippen LogP contribution in [0.1, 0.15) is 27.9 Å². The van der Waals surface area contributed by atoms with E-state index in [1.54, 1.807) is 25.1 Å². The molecule has 2 saturated carbocycles. The fourth-order valence-electron chi connectivity index (χ4n) is 6.16. The van der Waals surface area contributed by atoms with Gasteiger partial charge in [-0.1, -0.05) is 5.92 Å². The minimum Gasteiger partial charge on any atom is -0.506 e. The first-order valence-electron chi connectivity index (χ1n) is 11.2. The molecule has 3 aliphatic carbocycles. The van der Waals surface area contributed by atoms with E-state index in [-0.39, 0.29) is 24.0 Å². The number of benzene rings is 1. The van der Waals surface area contributed by atoms with E-state index in [0.717, 1.165) is 0 Å². The molecule has 35 heavy (non-hydrogen) atoms. The van der Waals surface area contributed by atoms with Crippen LogP contribution in [0.4, 0.5) is 5.69 Å². The first-order valence-corrected chi connectivity index (χ1v) is 11.2. The van der Waals surface area contributed by atoms with Crippen LogP contribution in [0.3, 0.4) is 0 Å². The third-order valence-corrected chi connectivity index (χ3v) is 7.68. The molecular weight excluding hydrogens is 454 g/mol. The molecule has 0 aliphatic heterocycles. The molecule has 2 fully saturated rings. The molecular formula is C25H27N3O7. The number of rotatable bonds is 3. The summed E-state index contributed by atoms with van der Waals surface area (Å²) in [6, 6.07) is 0.443. The zero-order chi connectivity index (χ0) is 26.1. The smallest absolute Gasteiger partial charge is 0.235 e. The maximum Gasteiger partial charge on any atom is 0.235 e. The average Bonchev–Trinajstić information content (AvgIpc) is 2.75. The Kier molecular flexibility index (Phi) is 5.62. The number of phenolic OH excluding ortho intramolecular Hbond substituents is 1. The molecule has 184 valence electrons. The molecule has 0 spiro atoms. The van der Waals surface area contributed by atoms with E-state index in [4.69, 9.17) is 12.2 Å². The third kappa shape index (κ3) is 3.15. The molecule has 3 unspecified atom stereocenters. The summed E-state index contributed by atoms with van der Waals surface area (Å²) in [5, 5.41) is 22.3. The van der Waals surface area contributed by atoms with Gasteiger partial charge in [-0.05, 0) is 44.5 Å². The second-order valence-corrected chi connectivity index (χ2v) is 9.97. The van der Waals surface area contributed by atoms with Crippen LogP contribution in [0.15, 0.2) is 6.07 Å². The summed E-state index contributed by atoms with van der Waals surface area (Å²) in [7, 11) is 6.58. The molecule has 0 aromatic heterocycles. The number of aromatic hydroxyl groups is 1. The van der Waals surface area contributed by atoms with Crippen LogP contribution in [-0.2, 0) is 25.6 Å². The minimum atomic E-state index is -2.75. The number of aliphatic hydroxyl groups is 1. The number of amides is 1. The lowest BCUT2D eigenvalue weighted by Gasteiger charge is -2.52.